The number of ether oxygens (including phenoxy) is 1. The number of aromatic amines is 1. The fourth-order valence-electron chi connectivity index (χ4n) is 2.54. The lowest BCUT2D eigenvalue weighted by atomic mass is 10.3. The molecule has 0 radical (unpaired) electrons. The number of hydrogen-bond acceptors (Lipinski definition) is 5. The first-order valence-electron chi connectivity index (χ1n) is 7.63. The quantitative estimate of drug-likeness (QED) is 0.539. The zero-order valence-corrected chi connectivity index (χ0v) is 14.2. The van der Waals surface area contributed by atoms with Crippen LogP contribution < -0.4 is 10.1 Å². The van der Waals surface area contributed by atoms with Crippen LogP contribution in [0, 0.1) is 0 Å². The van der Waals surface area contributed by atoms with Gasteiger partial charge in [-0.15, -0.1) is 5.10 Å². The van der Waals surface area contributed by atoms with Crippen LogP contribution in [-0.4, -0.2) is 38.4 Å². The number of benzene rings is 2. The molecule has 2 N–H and O–H groups in total. The monoisotopic (exact) mass is 353 g/mol. The van der Waals surface area contributed by atoms with E-state index < -0.39 is 0 Å². The molecule has 4 rings (SSSR count). The number of methoxy groups -OCH3 is 1. The van der Waals surface area contributed by atoms with Gasteiger partial charge in [0.2, 0.25) is 11.7 Å². The molecule has 0 aliphatic rings. The smallest absolute Gasteiger partial charge is 0.234 e. The summed E-state index contributed by atoms with van der Waals surface area (Å²) in [6.45, 7) is 0. The summed E-state index contributed by atoms with van der Waals surface area (Å²) >= 11 is 1.35. The van der Waals surface area contributed by atoms with E-state index in [9.17, 15) is 4.79 Å². The maximum atomic E-state index is 12.2. The van der Waals surface area contributed by atoms with Gasteiger partial charge in [0, 0.05) is 5.69 Å². The van der Waals surface area contributed by atoms with E-state index in [2.05, 4.69) is 20.5 Å². The number of nitrogens with one attached hydrogen (secondary N) is 2. The van der Waals surface area contributed by atoms with Crippen LogP contribution in [0.2, 0.25) is 0 Å². The van der Waals surface area contributed by atoms with Crippen molar-refractivity contribution in [2.75, 3.05) is 18.2 Å². The number of thioether (sulfide) groups is 1. The highest BCUT2D eigenvalue weighted by atomic mass is 32.2. The van der Waals surface area contributed by atoms with Crippen LogP contribution in [0.5, 0.6) is 5.75 Å². The summed E-state index contributed by atoms with van der Waals surface area (Å²) in [6.07, 6.45) is 0. The standard InChI is InChI=1S/C17H15N5O2S/c1-24-12-8-6-11(7-9-12)18-15(23)10-25-17-21-20-16-19-13-4-2-3-5-14(13)22(16)17/h2-9H,10H2,1H3,(H,18,23)(H,19,20). The zero-order valence-electron chi connectivity index (χ0n) is 13.4. The van der Waals surface area contributed by atoms with E-state index >= 15 is 0 Å². The molecule has 0 unspecified atom stereocenters. The van der Waals surface area contributed by atoms with E-state index in [1.807, 2.05) is 28.7 Å². The normalized spacial score (nSPS) is 11.1. The van der Waals surface area contributed by atoms with Gasteiger partial charge in [-0.1, -0.05) is 23.9 Å². The molecule has 7 nitrogen and oxygen atoms in total. The lowest BCUT2D eigenvalue weighted by molar-refractivity contribution is -0.113. The fourth-order valence-corrected chi connectivity index (χ4v) is 3.30. The van der Waals surface area contributed by atoms with Crippen LogP contribution >= 0.6 is 11.8 Å². The number of aromatic nitrogens is 4. The number of imidazole rings is 1. The Morgan fingerprint density at radius 2 is 2.04 bits per heavy atom. The van der Waals surface area contributed by atoms with E-state index in [1.165, 1.54) is 11.8 Å². The molecule has 8 heteroatoms. The first-order valence-corrected chi connectivity index (χ1v) is 8.61. The van der Waals surface area contributed by atoms with Gasteiger partial charge >= 0.3 is 0 Å². The summed E-state index contributed by atoms with van der Waals surface area (Å²) in [6, 6.07) is 15.0. The number of hydrogen-bond donors (Lipinski definition) is 2. The topological polar surface area (TPSA) is 84.3 Å². The maximum Gasteiger partial charge on any atom is 0.234 e. The summed E-state index contributed by atoms with van der Waals surface area (Å²) in [4.78, 5) is 16.6. The molecule has 0 bridgehead atoms. The molecule has 0 spiro atoms. The summed E-state index contributed by atoms with van der Waals surface area (Å²) in [7, 11) is 1.61. The van der Waals surface area contributed by atoms with Crippen molar-refractivity contribution < 1.29 is 9.53 Å². The molecule has 1 amide bonds. The third kappa shape index (κ3) is 3.03. The van der Waals surface area contributed by atoms with E-state index in [0.29, 0.717) is 10.9 Å². The van der Waals surface area contributed by atoms with Crippen molar-refractivity contribution >= 4 is 40.2 Å². The zero-order chi connectivity index (χ0) is 17.2. The van der Waals surface area contributed by atoms with Crippen LogP contribution in [0.15, 0.2) is 53.7 Å². The molecule has 0 aliphatic heterocycles. The minimum absolute atomic E-state index is 0.101. The van der Waals surface area contributed by atoms with Crippen LogP contribution in [0.3, 0.4) is 0 Å². The second-order valence-corrected chi connectivity index (χ2v) is 6.27. The number of nitrogens with zero attached hydrogens (tertiary/aromatic N) is 3. The molecule has 0 fully saturated rings. The number of H-pyrrole nitrogens is 1. The molecule has 126 valence electrons. The largest absolute Gasteiger partial charge is 0.497 e. The Bertz CT molecular complexity index is 1040. The number of rotatable bonds is 5. The highest BCUT2D eigenvalue weighted by molar-refractivity contribution is 7.99. The highest BCUT2D eigenvalue weighted by Gasteiger charge is 2.13. The average Bonchev–Trinajstić information content (AvgIpc) is 3.20. The van der Waals surface area contributed by atoms with Gasteiger partial charge in [0.05, 0.1) is 23.9 Å². The lowest BCUT2D eigenvalue weighted by Gasteiger charge is -2.05. The van der Waals surface area contributed by atoms with E-state index in [-0.39, 0.29) is 11.7 Å². The molecule has 2 heterocycles. The van der Waals surface area contributed by atoms with E-state index in [1.54, 1.807) is 31.4 Å². The average molecular weight is 353 g/mol. The Labute approximate surface area is 147 Å². The van der Waals surface area contributed by atoms with Gasteiger partial charge in [-0.3, -0.25) is 9.20 Å². The molecular weight excluding hydrogens is 338 g/mol. The Balaban J connectivity index is 1.47. The molecule has 0 saturated heterocycles. The van der Waals surface area contributed by atoms with Gasteiger partial charge < -0.3 is 10.1 Å². The lowest BCUT2D eigenvalue weighted by Crippen LogP contribution is -2.14. The Kier molecular flexibility index (Phi) is 4.02. The number of anilines is 1. The molecule has 4 aromatic rings. The van der Waals surface area contributed by atoms with Crippen molar-refractivity contribution in [3.63, 3.8) is 0 Å². The molecule has 0 atom stereocenters. The van der Waals surface area contributed by atoms with Crippen molar-refractivity contribution in [1.29, 1.82) is 0 Å². The van der Waals surface area contributed by atoms with E-state index in [4.69, 9.17) is 4.74 Å². The highest BCUT2D eigenvalue weighted by Crippen LogP contribution is 2.23. The Morgan fingerprint density at radius 1 is 1.24 bits per heavy atom. The van der Waals surface area contributed by atoms with Gasteiger partial charge in [0.25, 0.3) is 0 Å². The van der Waals surface area contributed by atoms with Gasteiger partial charge in [-0.25, -0.2) is 10.1 Å². The van der Waals surface area contributed by atoms with Crippen molar-refractivity contribution in [2.45, 2.75) is 5.16 Å². The van der Waals surface area contributed by atoms with Crippen LogP contribution in [-0.2, 0) is 4.79 Å². The summed E-state index contributed by atoms with van der Waals surface area (Å²) in [5, 5.41) is 10.7. The summed E-state index contributed by atoms with van der Waals surface area (Å²) in [5.74, 6) is 1.56. The first-order chi connectivity index (χ1) is 12.2. The number of para-hydroxylation sites is 2. The van der Waals surface area contributed by atoms with Crippen LogP contribution in [0.1, 0.15) is 0 Å². The predicted molar refractivity (Wildman–Crippen MR) is 97.2 cm³/mol. The summed E-state index contributed by atoms with van der Waals surface area (Å²) in [5.41, 5.74) is 2.58. The molecule has 25 heavy (non-hydrogen) atoms. The van der Waals surface area contributed by atoms with E-state index in [0.717, 1.165) is 22.5 Å². The molecule has 2 aromatic heterocycles. The molecular formula is C17H15N5O2S. The minimum Gasteiger partial charge on any atom is -0.497 e. The second kappa shape index (κ2) is 6.48. The number of fused-ring (bicyclic) bond motifs is 3. The molecule has 0 aliphatic carbocycles. The van der Waals surface area contributed by atoms with Crippen LogP contribution in [0.25, 0.3) is 16.8 Å². The Hall–Kier alpha value is -3.00. The van der Waals surface area contributed by atoms with Crippen LogP contribution in [0.4, 0.5) is 5.69 Å². The fraction of sp³-hybridized carbons (Fsp3) is 0.118. The number of carbonyl (C=O) groups excluding carboxylic acids is 1. The minimum atomic E-state index is -0.101. The third-order valence-corrected chi connectivity index (χ3v) is 4.65. The summed E-state index contributed by atoms with van der Waals surface area (Å²) < 4.78 is 7.02. The molecule has 0 saturated carbocycles. The number of amides is 1. The number of carbonyl (C=O) groups is 1. The van der Waals surface area contributed by atoms with Crippen molar-refractivity contribution in [3.05, 3.63) is 48.5 Å². The predicted octanol–water partition coefficient (Wildman–Crippen LogP) is 2.95. The third-order valence-electron chi connectivity index (χ3n) is 3.71. The van der Waals surface area contributed by atoms with Gasteiger partial charge in [-0.2, -0.15) is 0 Å². The first kappa shape index (κ1) is 15.5. The SMILES string of the molecule is COc1ccc(NC(=O)CSc2n[nH]c3nc4ccccc4n23)cc1. The molecule has 2 aromatic carbocycles. The van der Waals surface area contributed by atoms with Gasteiger partial charge in [0.15, 0.2) is 5.16 Å². The van der Waals surface area contributed by atoms with Gasteiger partial charge in [0.1, 0.15) is 5.75 Å². The van der Waals surface area contributed by atoms with Crippen molar-refractivity contribution in [1.82, 2.24) is 19.6 Å². The Morgan fingerprint density at radius 3 is 2.84 bits per heavy atom. The van der Waals surface area contributed by atoms with Crippen molar-refractivity contribution in [3.8, 4) is 5.75 Å². The van der Waals surface area contributed by atoms with Crippen molar-refractivity contribution in [2.24, 2.45) is 0 Å². The maximum absolute atomic E-state index is 12.2. The second-order valence-electron chi connectivity index (χ2n) is 5.33. The van der Waals surface area contributed by atoms with Gasteiger partial charge in [-0.05, 0) is 36.4 Å².